The number of hydrogen-bond donors (Lipinski definition) is 1. The van der Waals surface area contributed by atoms with Crippen molar-refractivity contribution in [1.82, 2.24) is 9.78 Å². The summed E-state index contributed by atoms with van der Waals surface area (Å²) in [6.45, 7) is 3.02. The normalized spacial score (nSPS) is 14.6. The molecular formula is C15H18FN3. The second-order valence-electron chi connectivity index (χ2n) is 4.87. The molecule has 0 radical (unpaired) electrons. The number of aryl methyl sites for hydroxylation is 1. The molecule has 1 aliphatic heterocycles. The number of para-hydroxylation sites is 1. The maximum Gasteiger partial charge on any atom is 0.148 e. The van der Waals surface area contributed by atoms with Crippen molar-refractivity contribution in [2.45, 2.75) is 32.6 Å². The predicted octanol–water partition coefficient (Wildman–Crippen LogP) is 3.32. The summed E-state index contributed by atoms with van der Waals surface area (Å²) < 4.78 is 15.7. The first-order chi connectivity index (χ1) is 9.31. The molecule has 19 heavy (non-hydrogen) atoms. The van der Waals surface area contributed by atoms with Crippen LogP contribution in [0.25, 0.3) is 5.69 Å². The Labute approximate surface area is 112 Å². The third-order valence-electron chi connectivity index (χ3n) is 3.63. The van der Waals surface area contributed by atoms with Crippen molar-refractivity contribution in [1.29, 1.82) is 0 Å². The molecule has 0 aliphatic carbocycles. The fourth-order valence-electron chi connectivity index (χ4n) is 2.66. The van der Waals surface area contributed by atoms with Crippen molar-refractivity contribution < 1.29 is 4.39 Å². The topological polar surface area (TPSA) is 29.9 Å². The fourth-order valence-corrected chi connectivity index (χ4v) is 2.66. The highest BCUT2D eigenvalue weighted by atomic mass is 19.1. The van der Waals surface area contributed by atoms with Gasteiger partial charge in [-0.15, -0.1) is 0 Å². The molecule has 3 rings (SSSR count). The quantitative estimate of drug-likeness (QED) is 0.896. The first kappa shape index (κ1) is 12.2. The average molecular weight is 259 g/mol. The number of halogens is 1. The molecule has 2 aromatic rings. The highest BCUT2D eigenvalue weighted by molar-refractivity contribution is 5.54. The van der Waals surface area contributed by atoms with Crippen LogP contribution in [0.4, 0.5) is 10.2 Å². The SMILES string of the molecule is CCc1nn(-c2ccccc2F)c2c1CCCCN2. The van der Waals surface area contributed by atoms with E-state index in [-0.39, 0.29) is 5.82 Å². The summed E-state index contributed by atoms with van der Waals surface area (Å²) in [5, 5.41) is 8.01. The first-order valence-corrected chi connectivity index (χ1v) is 6.90. The van der Waals surface area contributed by atoms with Crippen molar-refractivity contribution in [2.75, 3.05) is 11.9 Å². The van der Waals surface area contributed by atoms with E-state index in [0.29, 0.717) is 5.69 Å². The van der Waals surface area contributed by atoms with Gasteiger partial charge in [-0.25, -0.2) is 9.07 Å². The molecule has 0 fully saturated rings. The zero-order valence-corrected chi connectivity index (χ0v) is 11.1. The number of fused-ring (bicyclic) bond motifs is 1. The van der Waals surface area contributed by atoms with Crippen molar-refractivity contribution >= 4 is 5.82 Å². The number of benzene rings is 1. The van der Waals surface area contributed by atoms with Crippen LogP contribution in [0.1, 0.15) is 31.0 Å². The number of anilines is 1. The Morgan fingerprint density at radius 3 is 2.95 bits per heavy atom. The van der Waals surface area contributed by atoms with Crippen LogP contribution in [0, 0.1) is 5.82 Å². The van der Waals surface area contributed by atoms with Crippen molar-refractivity contribution in [3.8, 4) is 5.69 Å². The largest absolute Gasteiger partial charge is 0.370 e. The lowest BCUT2D eigenvalue weighted by molar-refractivity contribution is 0.610. The van der Waals surface area contributed by atoms with E-state index in [1.165, 1.54) is 11.6 Å². The van der Waals surface area contributed by atoms with Gasteiger partial charge in [0.05, 0.1) is 5.69 Å². The smallest absolute Gasteiger partial charge is 0.148 e. The van der Waals surface area contributed by atoms with Gasteiger partial charge in [0, 0.05) is 12.1 Å². The minimum atomic E-state index is -0.235. The second kappa shape index (κ2) is 5.03. The molecule has 3 nitrogen and oxygen atoms in total. The highest BCUT2D eigenvalue weighted by Gasteiger charge is 2.20. The predicted molar refractivity (Wildman–Crippen MR) is 74.3 cm³/mol. The van der Waals surface area contributed by atoms with Crippen molar-refractivity contribution in [2.24, 2.45) is 0 Å². The van der Waals surface area contributed by atoms with Gasteiger partial charge in [-0.2, -0.15) is 5.10 Å². The van der Waals surface area contributed by atoms with Gasteiger partial charge in [0.25, 0.3) is 0 Å². The third kappa shape index (κ3) is 2.11. The number of aromatic nitrogens is 2. The molecular weight excluding hydrogens is 241 g/mol. The molecule has 2 heterocycles. The molecule has 0 unspecified atom stereocenters. The van der Waals surface area contributed by atoms with Gasteiger partial charge in [-0.3, -0.25) is 0 Å². The minimum absolute atomic E-state index is 0.235. The van der Waals surface area contributed by atoms with Crippen LogP contribution >= 0.6 is 0 Å². The first-order valence-electron chi connectivity index (χ1n) is 6.90. The molecule has 4 heteroatoms. The van der Waals surface area contributed by atoms with Crippen LogP contribution in [-0.2, 0) is 12.8 Å². The lowest BCUT2D eigenvalue weighted by Crippen LogP contribution is -2.08. The molecule has 0 saturated heterocycles. The van der Waals surface area contributed by atoms with Gasteiger partial charge in [0.15, 0.2) is 0 Å². The molecule has 0 amide bonds. The second-order valence-corrected chi connectivity index (χ2v) is 4.87. The summed E-state index contributed by atoms with van der Waals surface area (Å²) in [7, 11) is 0. The molecule has 0 saturated carbocycles. The minimum Gasteiger partial charge on any atom is -0.370 e. The average Bonchev–Trinajstić information content (AvgIpc) is 2.61. The number of hydrogen-bond acceptors (Lipinski definition) is 2. The summed E-state index contributed by atoms with van der Waals surface area (Å²) in [5.74, 6) is 0.737. The number of nitrogens with zero attached hydrogens (tertiary/aromatic N) is 2. The Morgan fingerprint density at radius 2 is 2.16 bits per heavy atom. The number of nitrogens with one attached hydrogen (secondary N) is 1. The molecule has 1 aromatic carbocycles. The summed E-state index contributed by atoms with van der Waals surface area (Å²) in [5.41, 5.74) is 2.85. The third-order valence-corrected chi connectivity index (χ3v) is 3.63. The van der Waals surface area contributed by atoms with Crippen molar-refractivity contribution in [3.05, 3.63) is 41.3 Å². The molecule has 100 valence electrons. The van der Waals surface area contributed by atoms with Crippen LogP contribution in [0.15, 0.2) is 24.3 Å². The fraction of sp³-hybridized carbons (Fsp3) is 0.400. The molecule has 1 aliphatic rings. The zero-order valence-electron chi connectivity index (χ0n) is 11.1. The lowest BCUT2D eigenvalue weighted by Gasteiger charge is -2.09. The van der Waals surface area contributed by atoms with Gasteiger partial charge in [-0.05, 0) is 37.8 Å². The van der Waals surface area contributed by atoms with Gasteiger partial charge in [-0.1, -0.05) is 19.1 Å². The van der Waals surface area contributed by atoms with Gasteiger partial charge >= 0.3 is 0 Å². The Balaban J connectivity index is 2.16. The number of rotatable bonds is 2. The van der Waals surface area contributed by atoms with E-state index in [0.717, 1.165) is 43.7 Å². The van der Waals surface area contributed by atoms with Crippen molar-refractivity contribution in [3.63, 3.8) is 0 Å². The summed E-state index contributed by atoms with van der Waals surface area (Å²) in [6, 6.07) is 6.80. The highest BCUT2D eigenvalue weighted by Crippen LogP contribution is 2.29. The van der Waals surface area contributed by atoms with E-state index in [9.17, 15) is 4.39 Å². The Kier molecular flexibility index (Phi) is 3.23. The van der Waals surface area contributed by atoms with Crippen LogP contribution in [-0.4, -0.2) is 16.3 Å². The van der Waals surface area contributed by atoms with E-state index in [1.54, 1.807) is 16.8 Å². The molecule has 0 spiro atoms. The van der Waals surface area contributed by atoms with E-state index in [1.807, 2.05) is 6.07 Å². The Hall–Kier alpha value is -1.84. The summed E-state index contributed by atoms with van der Waals surface area (Å²) in [6.07, 6.45) is 4.22. The lowest BCUT2D eigenvalue weighted by atomic mass is 10.1. The Bertz CT molecular complexity index is 589. The molecule has 0 bridgehead atoms. The van der Waals surface area contributed by atoms with Crippen LogP contribution in [0.5, 0.6) is 0 Å². The standard InChI is InChI=1S/C15H18FN3/c1-2-13-11-7-5-6-10-17-15(11)19(18-13)14-9-4-3-8-12(14)16/h3-4,8-9,17H,2,5-7,10H2,1H3. The Morgan fingerprint density at radius 1 is 1.32 bits per heavy atom. The summed E-state index contributed by atoms with van der Waals surface area (Å²) in [4.78, 5) is 0. The molecule has 0 atom stereocenters. The maximum absolute atomic E-state index is 14.0. The monoisotopic (exact) mass is 259 g/mol. The molecule has 1 N–H and O–H groups in total. The van der Waals surface area contributed by atoms with Crippen LogP contribution in [0.3, 0.4) is 0 Å². The van der Waals surface area contributed by atoms with E-state index in [2.05, 4.69) is 17.3 Å². The molecule has 1 aromatic heterocycles. The van der Waals surface area contributed by atoms with Crippen LogP contribution < -0.4 is 5.32 Å². The zero-order chi connectivity index (χ0) is 13.2. The maximum atomic E-state index is 14.0. The van der Waals surface area contributed by atoms with Gasteiger partial charge in [0.1, 0.15) is 17.3 Å². The summed E-state index contributed by atoms with van der Waals surface area (Å²) >= 11 is 0. The van der Waals surface area contributed by atoms with E-state index < -0.39 is 0 Å². The van der Waals surface area contributed by atoms with E-state index in [4.69, 9.17) is 0 Å². The van der Waals surface area contributed by atoms with Gasteiger partial charge < -0.3 is 5.32 Å². The van der Waals surface area contributed by atoms with Crippen LogP contribution in [0.2, 0.25) is 0 Å². The van der Waals surface area contributed by atoms with E-state index >= 15 is 0 Å². The van der Waals surface area contributed by atoms with Gasteiger partial charge in [0.2, 0.25) is 0 Å².